The Labute approximate surface area is 457 Å². The molecule has 0 aliphatic carbocycles. The lowest BCUT2D eigenvalue weighted by molar-refractivity contribution is -0.115. The van der Waals surface area contributed by atoms with Gasteiger partial charge in [0.25, 0.3) is 5.56 Å². The third kappa shape index (κ3) is 30.8. The molecule has 1 saturated heterocycles. The number of anilines is 3. The SMILES string of the molecule is CC(=O)Nc1ccc(C(=O)O)cc1.CC(=O)Nc1ccc(C(=O)O)cc1.CC(=O)Nc1ccc(C(=O)O)cc1.CC(O)CN(C)C.CC(O)CN(C)C.CC(O)CN(C)C.O=c1[nH]cnc2c1ncn2C1O[C@H](CO)[C@@H](O)[C@H]1O. The van der Waals surface area contributed by atoms with Crippen LogP contribution >= 0.6 is 0 Å². The van der Waals surface area contributed by atoms with Crippen molar-refractivity contribution in [2.45, 2.75) is 84.4 Å². The summed E-state index contributed by atoms with van der Waals surface area (Å²) in [7, 11) is 11.6. The van der Waals surface area contributed by atoms with E-state index < -0.39 is 54.6 Å². The maximum Gasteiger partial charge on any atom is 0.335 e. The number of carboxylic acid groups (broad SMARTS) is 3. The number of carbonyl (C=O) groups excluding carboxylic acids is 3. The van der Waals surface area contributed by atoms with Crippen molar-refractivity contribution in [2.24, 2.45) is 0 Å². The molecule has 1 aliphatic rings. The third-order valence-electron chi connectivity index (χ3n) is 9.40. The number of nitrogens with zero attached hydrogens (tertiary/aromatic N) is 6. The van der Waals surface area contributed by atoms with Crippen LogP contribution in [0.25, 0.3) is 11.2 Å². The van der Waals surface area contributed by atoms with E-state index in [-0.39, 0.29) is 63.9 Å². The predicted octanol–water partition coefficient (Wildman–Crippen LogP) is 1.55. The Morgan fingerprint density at radius 1 is 0.582 bits per heavy atom. The summed E-state index contributed by atoms with van der Waals surface area (Å²) < 4.78 is 6.70. The van der Waals surface area contributed by atoms with Crippen LogP contribution in [-0.4, -0.2) is 221 Å². The van der Waals surface area contributed by atoms with E-state index >= 15 is 0 Å². The molecule has 0 bridgehead atoms. The predicted molar refractivity (Wildman–Crippen MR) is 295 cm³/mol. The van der Waals surface area contributed by atoms with Crippen molar-refractivity contribution < 1.29 is 79.5 Å². The molecule has 4 unspecified atom stereocenters. The minimum absolute atomic E-state index is 0.111. The minimum atomic E-state index is -1.24. The summed E-state index contributed by atoms with van der Waals surface area (Å²) >= 11 is 0. The van der Waals surface area contributed by atoms with Crippen molar-refractivity contribution in [3.63, 3.8) is 0 Å². The van der Waals surface area contributed by atoms with Crippen LogP contribution in [0.3, 0.4) is 0 Å². The Morgan fingerprint density at radius 2 is 0.899 bits per heavy atom. The van der Waals surface area contributed by atoms with Gasteiger partial charge in [-0.3, -0.25) is 23.7 Å². The Balaban J connectivity index is 0.000000929. The number of carboxylic acids is 3. The number of aromatic nitrogens is 4. The zero-order valence-corrected chi connectivity index (χ0v) is 46.4. The first kappa shape index (κ1) is 71.4. The number of aromatic carboxylic acids is 3. The molecule has 1 aliphatic heterocycles. The minimum Gasteiger partial charge on any atom is -0.478 e. The Morgan fingerprint density at radius 3 is 1.13 bits per heavy atom. The van der Waals surface area contributed by atoms with E-state index in [0.717, 1.165) is 19.6 Å². The van der Waals surface area contributed by atoms with Gasteiger partial charge in [0.1, 0.15) is 18.3 Å². The highest BCUT2D eigenvalue weighted by atomic mass is 16.6. The quantitative estimate of drug-likeness (QED) is 0.0750. The Hall–Kier alpha value is -7.57. The van der Waals surface area contributed by atoms with Crippen LogP contribution in [0, 0.1) is 0 Å². The first-order valence-corrected chi connectivity index (χ1v) is 24.1. The number of aliphatic hydroxyl groups excluding tert-OH is 6. The number of aliphatic hydroxyl groups is 6. The number of imidazole rings is 1. The van der Waals surface area contributed by atoms with Crippen molar-refractivity contribution in [3.8, 4) is 0 Å². The smallest absolute Gasteiger partial charge is 0.335 e. The normalized spacial score (nSPS) is 16.1. The van der Waals surface area contributed by atoms with Gasteiger partial charge >= 0.3 is 17.9 Å². The van der Waals surface area contributed by atoms with Gasteiger partial charge in [-0.15, -0.1) is 0 Å². The molecule has 5 aromatic rings. The average molecular weight is 1120 g/mol. The molecule has 6 rings (SSSR count). The van der Waals surface area contributed by atoms with Crippen LogP contribution in [0.5, 0.6) is 0 Å². The van der Waals surface area contributed by atoms with Crippen LogP contribution < -0.4 is 21.5 Å². The van der Waals surface area contributed by atoms with E-state index in [0.29, 0.717) is 17.1 Å². The maximum absolute atomic E-state index is 11.5. The first-order chi connectivity index (χ1) is 36.8. The molecule has 79 heavy (non-hydrogen) atoms. The van der Waals surface area contributed by atoms with Crippen molar-refractivity contribution in [2.75, 3.05) is 84.5 Å². The van der Waals surface area contributed by atoms with Crippen molar-refractivity contribution in [3.05, 3.63) is 112 Å². The molecule has 27 heteroatoms. The molecule has 438 valence electrons. The number of hydrogen-bond acceptors (Lipinski definition) is 19. The largest absolute Gasteiger partial charge is 0.478 e. The van der Waals surface area contributed by atoms with Gasteiger partial charge in [-0.2, -0.15) is 0 Å². The van der Waals surface area contributed by atoms with Gasteiger partial charge < -0.3 is 86.3 Å². The summed E-state index contributed by atoms with van der Waals surface area (Å²) in [6.07, 6.45) is -2.38. The molecular weight excluding hydrogens is 1040 g/mol. The van der Waals surface area contributed by atoms with Crippen LogP contribution in [-0.2, 0) is 19.1 Å². The molecule has 1 fully saturated rings. The lowest BCUT2D eigenvalue weighted by atomic mass is 10.1. The monoisotopic (exact) mass is 1110 g/mol. The van der Waals surface area contributed by atoms with Crippen LogP contribution in [0.4, 0.5) is 17.1 Å². The van der Waals surface area contributed by atoms with Crippen molar-refractivity contribution in [1.29, 1.82) is 0 Å². The highest BCUT2D eigenvalue weighted by Gasteiger charge is 2.44. The van der Waals surface area contributed by atoms with Crippen molar-refractivity contribution in [1.82, 2.24) is 34.2 Å². The summed E-state index contributed by atoms with van der Waals surface area (Å²) in [6.45, 7) is 11.3. The van der Waals surface area contributed by atoms with Gasteiger partial charge in [0.05, 0.1) is 54.3 Å². The van der Waals surface area contributed by atoms with E-state index in [9.17, 15) is 43.8 Å². The van der Waals surface area contributed by atoms with E-state index in [1.165, 1.54) is 74.4 Å². The van der Waals surface area contributed by atoms with Gasteiger partial charge in [0, 0.05) is 57.5 Å². The second-order valence-corrected chi connectivity index (χ2v) is 18.3. The number of rotatable bonds is 14. The van der Waals surface area contributed by atoms with Crippen molar-refractivity contribution >= 4 is 63.9 Å². The molecule has 7 atom stereocenters. The number of amides is 3. The first-order valence-electron chi connectivity index (χ1n) is 24.1. The molecule has 27 nitrogen and oxygen atoms in total. The van der Waals surface area contributed by atoms with E-state index in [1.54, 1.807) is 57.2 Å². The number of H-pyrrole nitrogens is 1. The highest BCUT2D eigenvalue weighted by Crippen LogP contribution is 2.30. The standard InChI is InChI=1S/C10H12N4O5.3C9H9NO3.3C5H13NO/c15-1-4-6(16)7(17)10(19-4)14-3-13-5-8(14)11-2-12-9(5)18;3*1-6(11)10-8-4-2-7(3-5-8)9(12)13;3*1-5(7)4-6(2)3/h2-4,6-7,10,15-17H,1H2,(H,11,12,18);3*2-5H,1H3,(H,10,11)(H,12,13);3*5,7H,4H2,1-3H3/t4-,6-,7-,10?;;;;;;/m1....../s1. The lowest BCUT2D eigenvalue weighted by Crippen LogP contribution is -2.33. The molecule has 2 aromatic heterocycles. The number of aromatic amines is 1. The summed E-state index contributed by atoms with van der Waals surface area (Å²) in [5, 5.41) is 88.0. The summed E-state index contributed by atoms with van der Waals surface area (Å²) in [5.74, 6) is -3.47. The second kappa shape index (κ2) is 37.3. The summed E-state index contributed by atoms with van der Waals surface area (Å²) in [4.78, 5) is 90.8. The van der Waals surface area contributed by atoms with E-state index in [1.807, 2.05) is 57.0 Å². The second-order valence-electron chi connectivity index (χ2n) is 18.3. The van der Waals surface area contributed by atoms with Gasteiger partial charge in [-0.1, -0.05) is 0 Å². The molecular formula is C52H78N10O17. The fourth-order valence-corrected chi connectivity index (χ4v) is 6.44. The number of ether oxygens (including phenoxy) is 1. The average Bonchev–Trinajstić information content (AvgIpc) is 3.88. The van der Waals surface area contributed by atoms with Crippen LogP contribution in [0.15, 0.2) is 90.2 Å². The Bertz CT molecular complexity index is 2440. The number of benzene rings is 3. The molecule has 0 saturated carbocycles. The molecule has 3 heterocycles. The van der Waals surface area contributed by atoms with Crippen LogP contribution in [0.2, 0.25) is 0 Å². The molecule has 3 amide bonds. The summed E-state index contributed by atoms with van der Waals surface area (Å²) in [5.41, 5.74) is 2.33. The molecule has 0 radical (unpaired) electrons. The number of likely N-dealkylation sites (N-methyl/N-ethyl adjacent to an activating group) is 3. The van der Waals surface area contributed by atoms with E-state index in [2.05, 4.69) is 30.9 Å². The lowest BCUT2D eigenvalue weighted by Gasteiger charge is -2.16. The fourth-order valence-electron chi connectivity index (χ4n) is 6.44. The number of carbonyl (C=O) groups is 6. The fraction of sp³-hybridized carbons (Fsp3) is 0.442. The van der Waals surface area contributed by atoms with E-state index in [4.69, 9.17) is 40.5 Å². The van der Waals surface area contributed by atoms with Gasteiger partial charge in [-0.05, 0) is 136 Å². The Kier molecular flexibility index (Phi) is 33.7. The van der Waals surface area contributed by atoms with Gasteiger partial charge in [0.15, 0.2) is 17.4 Å². The highest BCUT2D eigenvalue weighted by molar-refractivity contribution is 5.93. The summed E-state index contributed by atoms with van der Waals surface area (Å²) in [6, 6.07) is 17.9. The third-order valence-corrected chi connectivity index (χ3v) is 9.40. The molecule has 3 aromatic carbocycles. The van der Waals surface area contributed by atoms with Gasteiger partial charge in [-0.25, -0.2) is 24.4 Å². The topological polar surface area (TPSA) is 403 Å². The zero-order chi connectivity index (χ0) is 60.7. The van der Waals surface area contributed by atoms with Gasteiger partial charge in [0.2, 0.25) is 17.7 Å². The number of hydrogen-bond donors (Lipinski definition) is 13. The maximum atomic E-state index is 11.5. The molecule has 13 N–H and O–H groups in total. The van der Waals surface area contributed by atoms with Crippen LogP contribution in [0.1, 0.15) is 78.8 Å². The zero-order valence-electron chi connectivity index (χ0n) is 46.4. The number of fused-ring (bicyclic) bond motifs is 1. The number of nitrogens with one attached hydrogen (secondary N) is 4. The molecule has 0 spiro atoms.